The Morgan fingerprint density at radius 2 is 0.844 bits per heavy atom. The lowest BCUT2D eigenvalue weighted by molar-refractivity contribution is 0.670. The topological polar surface area (TPSA) is 16.4 Å². The van der Waals surface area contributed by atoms with Crippen LogP contribution in [0.5, 0.6) is 0 Å². The second-order valence-corrected chi connectivity index (χ2v) is 11.6. The summed E-state index contributed by atoms with van der Waals surface area (Å²) in [6, 6.07) is 59.2. The maximum absolute atomic E-state index is 6.64. The third-order valence-electron chi connectivity index (χ3n) is 8.34. The Hall–Kier alpha value is -5.57. The molecule has 0 amide bonds. The molecule has 214 valence electrons. The molecule has 0 aliphatic rings. The van der Waals surface area contributed by atoms with Crippen molar-refractivity contribution in [2.45, 2.75) is 0 Å². The third-order valence-corrected chi connectivity index (χ3v) is 8.56. The van der Waals surface area contributed by atoms with Crippen molar-refractivity contribution < 1.29 is 4.42 Å². The normalized spacial score (nSPS) is 11.2. The molecule has 1 aromatic heterocycles. The van der Waals surface area contributed by atoms with Gasteiger partial charge in [0, 0.05) is 38.4 Å². The summed E-state index contributed by atoms with van der Waals surface area (Å²) in [6.07, 6.45) is 0. The van der Waals surface area contributed by atoms with E-state index < -0.39 is 0 Å². The van der Waals surface area contributed by atoms with Gasteiger partial charge < -0.3 is 9.32 Å². The molecule has 45 heavy (non-hydrogen) atoms. The van der Waals surface area contributed by atoms with Gasteiger partial charge in [0.15, 0.2) is 0 Å². The molecule has 2 nitrogen and oxygen atoms in total. The van der Waals surface area contributed by atoms with Crippen molar-refractivity contribution in [2.75, 3.05) is 4.90 Å². The fraction of sp³-hybridized carbons (Fsp3) is 0. The molecule has 7 aromatic carbocycles. The van der Waals surface area contributed by atoms with Crippen molar-refractivity contribution >= 4 is 50.6 Å². The smallest absolute Gasteiger partial charge is 0.143 e. The van der Waals surface area contributed by atoms with Gasteiger partial charge in [-0.15, -0.1) is 0 Å². The molecule has 0 N–H and O–H groups in total. The summed E-state index contributed by atoms with van der Waals surface area (Å²) in [6.45, 7) is 0. The molecule has 0 saturated carbocycles. The molecule has 0 unspecified atom stereocenters. The number of nitrogens with zero attached hydrogens (tertiary/aromatic N) is 1. The van der Waals surface area contributed by atoms with Gasteiger partial charge in [0.05, 0.1) is 0 Å². The summed E-state index contributed by atoms with van der Waals surface area (Å²) < 4.78 is 6.34. The zero-order valence-electron chi connectivity index (χ0n) is 24.4. The van der Waals surface area contributed by atoms with Gasteiger partial charge in [0.2, 0.25) is 0 Å². The van der Waals surface area contributed by atoms with Crippen LogP contribution in [0.1, 0.15) is 0 Å². The highest BCUT2D eigenvalue weighted by atomic mass is 35.5. The minimum absolute atomic E-state index is 0.687. The first kappa shape index (κ1) is 27.0. The minimum Gasteiger partial charge on any atom is -0.455 e. The summed E-state index contributed by atoms with van der Waals surface area (Å²) in [5, 5.41) is 2.78. The van der Waals surface area contributed by atoms with E-state index in [1.54, 1.807) is 0 Å². The summed E-state index contributed by atoms with van der Waals surface area (Å²) in [7, 11) is 0. The Labute approximate surface area is 267 Å². The van der Waals surface area contributed by atoms with E-state index in [0.29, 0.717) is 5.02 Å². The predicted octanol–water partition coefficient (Wildman–Crippen LogP) is 12.7. The van der Waals surface area contributed by atoms with Crippen LogP contribution in [0, 0.1) is 0 Å². The van der Waals surface area contributed by atoms with E-state index in [9.17, 15) is 0 Å². The molecule has 0 radical (unpaired) electrons. The number of hydrogen-bond acceptors (Lipinski definition) is 2. The van der Waals surface area contributed by atoms with E-state index in [2.05, 4.69) is 132 Å². The third kappa shape index (κ3) is 5.16. The minimum atomic E-state index is 0.687. The Morgan fingerprint density at radius 3 is 1.38 bits per heavy atom. The van der Waals surface area contributed by atoms with Gasteiger partial charge in [0.25, 0.3) is 0 Å². The Kier molecular flexibility index (Phi) is 6.90. The first-order valence-corrected chi connectivity index (χ1v) is 15.4. The largest absolute Gasteiger partial charge is 0.455 e. The summed E-state index contributed by atoms with van der Waals surface area (Å²) in [5.74, 6) is 0. The van der Waals surface area contributed by atoms with E-state index in [1.807, 2.05) is 42.5 Å². The lowest BCUT2D eigenvalue weighted by Gasteiger charge is -2.26. The number of para-hydroxylation sites is 1. The molecule has 8 aromatic rings. The van der Waals surface area contributed by atoms with Gasteiger partial charge in [-0.25, -0.2) is 0 Å². The maximum Gasteiger partial charge on any atom is 0.143 e. The molecular weight excluding hydrogens is 570 g/mol. The molecule has 3 heteroatoms. The first-order chi connectivity index (χ1) is 22.2. The van der Waals surface area contributed by atoms with Crippen molar-refractivity contribution in [1.29, 1.82) is 0 Å². The zero-order chi connectivity index (χ0) is 30.2. The summed E-state index contributed by atoms with van der Waals surface area (Å²) >= 11 is 6.64. The van der Waals surface area contributed by atoms with Crippen LogP contribution in [0.25, 0.3) is 55.3 Å². The number of halogens is 1. The molecule has 0 bridgehead atoms. The van der Waals surface area contributed by atoms with Crippen LogP contribution in [-0.2, 0) is 0 Å². The maximum atomic E-state index is 6.64. The molecule has 0 aliphatic carbocycles. The summed E-state index contributed by atoms with van der Waals surface area (Å²) in [5.41, 5.74) is 11.7. The number of benzene rings is 7. The lowest BCUT2D eigenvalue weighted by Crippen LogP contribution is -2.09. The molecule has 0 saturated heterocycles. The predicted molar refractivity (Wildman–Crippen MR) is 190 cm³/mol. The Balaban J connectivity index is 1.21. The van der Waals surface area contributed by atoms with Crippen LogP contribution in [-0.4, -0.2) is 0 Å². The molecular formula is C42H28ClNO. The van der Waals surface area contributed by atoms with Crippen LogP contribution in [0.2, 0.25) is 5.02 Å². The molecule has 8 rings (SSSR count). The molecule has 0 atom stereocenters. The van der Waals surface area contributed by atoms with E-state index >= 15 is 0 Å². The van der Waals surface area contributed by atoms with E-state index in [0.717, 1.165) is 50.1 Å². The van der Waals surface area contributed by atoms with Gasteiger partial charge in [-0.2, -0.15) is 0 Å². The fourth-order valence-electron chi connectivity index (χ4n) is 6.11. The highest BCUT2D eigenvalue weighted by Gasteiger charge is 2.16. The highest BCUT2D eigenvalue weighted by Crippen LogP contribution is 2.41. The Bertz CT molecular complexity index is 2150. The molecule has 0 fully saturated rings. The van der Waals surface area contributed by atoms with Crippen LogP contribution in [0.4, 0.5) is 17.1 Å². The van der Waals surface area contributed by atoms with Crippen LogP contribution in [0.15, 0.2) is 174 Å². The van der Waals surface area contributed by atoms with Gasteiger partial charge in [-0.05, 0) is 82.4 Å². The lowest BCUT2D eigenvalue weighted by atomic mass is 10.0. The summed E-state index contributed by atoms with van der Waals surface area (Å²) in [4.78, 5) is 2.29. The second kappa shape index (κ2) is 11.5. The van der Waals surface area contributed by atoms with E-state index in [1.165, 1.54) is 22.3 Å². The van der Waals surface area contributed by atoms with Crippen LogP contribution in [0.3, 0.4) is 0 Å². The molecule has 0 spiro atoms. The quantitative estimate of drug-likeness (QED) is 0.189. The van der Waals surface area contributed by atoms with Crippen LogP contribution >= 0.6 is 11.6 Å². The van der Waals surface area contributed by atoms with Gasteiger partial charge in [-0.3, -0.25) is 0 Å². The van der Waals surface area contributed by atoms with Crippen LogP contribution < -0.4 is 4.90 Å². The second-order valence-electron chi connectivity index (χ2n) is 11.1. The molecule has 0 aliphatic heterocycles. The van der Waals surface area contributed by atoms with Crippen molar-refractivity contribution in [1.82, 2.24) is 0 Å². The number of rotatable bonds is 6. The average Bonchev–Trinajstić information content (AvgIpc) is 3.48. The standard InChI is InChI=1S/C42H28ClNO/c43-34-27-39(42-40(28-34)38-13-7-8-14-41(38)45-42)33-19-25-37(26-20-33)44(35-21-15-31(16-22-35)29-9-3-1-4-10-29)36-23-17-32(18-24-36)30-11-5-2-6-12-30/h1-28H. The van der Waals surface area contributed by atoms with E-state index in [-0.39, 0.29) is 0 Å². The first-order valence-electron chi connectivity index (χ1n) is 15.0. The Morgan fingerprint density at radius 1 is 0.400 bits per heavy atom. The van der Waals surface area contributed by atoms with Crippen molar-refractivity contribution in [3.63, 3.8) is 0 Å². The van der Waals surface area contributed by atoms with Crippen molar-refractivity contribution in [3.05, 3.63) is 175 Å². The highest BCUT2D eigenvalue weighted by molar-refractivity contribution is 6.32. The zero-order valence-corrected chi connectivity index (χ0v) is 25.2. The monoisotopic (exact) mass is 597 g/mol. The SMILES string of the molecule is Clc1cc(-c2ccc(N(c3ccc(-c4ccccc4)cc3)c3ccc(-c4ccccc4)cc3)cc2)c2oc3ccccc3c2c1. The van der Waals surface area contributed by atoms with Crippen molar-refractivity contribution in [3.8, 4) is 33.4 Å². The number of fused-ring (bicyclic) bond motifs is 3. The number of furan rings is 1. The average molecular weight is 598 g/mol. The van der Waals surface area contributed by atoms with Gasteiger partial charge in [0.1, 0.15) is 11.2 Å². The fourth-order valence-corrected chi connectivity index (χ4v) is 6.33. The number of anilines is 3. The number of hydrogen-bond donors (Lipinski definition) is 0. The van der Waals surface area contributed by atoms with Gasteiger partial charge in [-0.1, -0.05) is 127 Å². The molecule has 1 heterocycles. The van der Waals surface area contributed by atoms with E-state index in [4.69, 9.17) is 16.0 Å². The van der Waals surface area contributed by atoms with Gasteiger partial charge >= 0.3 is 0 Å². The van der Waals surface area contributed by atoms with Crippen molar-refractivity contribution in [2.24, 2.45) is 0 Å².